The first-order valence-electron chi connectivity index (χ1n) is 13.5. The molecule has 2 heterocycles. The second kappa shape index (κ2) is 14.0. The second-order valence-electron chi connectivity index (χ2n) is 9.97. The molecule has 1 unspecified atom stereocenters. The van der Waals surface area contributed by atoms with E-state index in [1.165, 1.54) is 44.9 Å². The van der Waals surface area contributed by atoms with Gasteiger partial charge >= 0.3 is 0 Å². The van der Waals surface area contributed by atoms with E-state index in [9.17, 15) is 24.0 Å². The number of fused-ring (bicyclic) bond motifs is 1. The zero-order chi connectivity index (χ0) is 25.9. The van der Waals surface area contributed by atoms with E-state index in [4.69, 9.17) is 5.73 Å². The number of Topliss-reactive ketones (excluding diaryl/α,β-unsaturated/α-hetero) is 1. The fourth-order valence-electron chi connectivity index (χ4n) is 5.00. The molecule has 1 fully saturated rings. The number of unbranched alkanes of at least 4 members (excludes halogenated alkanes) is 10. The van der Waals surface area contributed by atoms with Gasteiger partial charge in [-0.25, -0.2) is 0 Å². The van der Waals surface area contributed by atoms with Crippen LogP contribution in [0.3, 0.4) is 0 Å². The lowest BCUT2D eigenvalue weighted by molar-refractivity contribution is -0.136. The molecule has 8 nitrogen and oxygen atoms in total. The van der Waals surface area contributed by atoms with Gasteiger partial charge in [0.05, 0.1) is 11.1 Å². The molecule has 1 aromatic carbocycles. The van der Waals surface area contributed by atoms with Crippen LogP contribution in [-0.2, 0) is 20.8 Å². The molecule has 2 aliphatic rings. The van der Waals surface area contributed by atoms with Crippen molar-refractivity contribution in [1.29, 1.82) is 0 Å². The summed E-state index contributed by atoms with van der Waals surface area (Å²) in [6.07, 6.45) is 14.0. The number of imide groups is 2. The zero-order valence-electron chi connectivity index (χ0n) is 21.2. The summed E-state index contributed by atoms with van der Waals surface area (Å²) in [6, 6.07) is 3.87. The molecule has 0 bridgehead atoms. The van der Waals surface area contributed by atoms with Crippen LogP contribution in [0.15, 0.2) is 18.2 Å². The number of nitrogens with zero attached hydrogens (tertiary/aromatic N) is 1. The van der Waals surface area contributed by atoms with E-state index < -0.39 is 29.7 Å². The van der Waals surface area contributed by atoms with Crippen molar-refractivity contribution in [2.75, 3.05) is 6.54 Å². The van der Waals surface area contributed by atoms with Gasteiger partial charge in [0.1, 0.15) is 11.8 Å². The van der Waals surface area contributed by atoms with Crippen molar-refractivity contribution in [3.05, 3.63) is 34.9 Å². The number of carbonyl (C=O) groups excluding carboxylic acids is 5. The number of amides is 4. The smallest absolute Gasteiger partial charge is 0.262 e. The Balaban J connectivity index is 1.36. The van der Waals surface area contributed by atoms with Crippen LogP contribution in [0.1, 0.15) is 116 Å². The molecule has 0 aliphatic carbocycles. The minimum absolute atomic E-state index is 0.0825. The van der Waals surface area contributed by atoms with E-state index in [1.54, 1.807) is 18.2 Å². The molecule has 3 N–H and O–H groups in total. The summed E-state index contributed by atoms with van der Waals surface area (Å²) >= 11 is 0. The maximum Gasteiger partial charge on any atom is 0.262 e. The Morgan fingerprint density at radius 2 is 1.42 bits per heavy atom. The Morgan fingerprint density at radius 1 is 0.833 bits per heavy atom. The van der Waals surface area contributed by atoms with Crippen molar-refractivity contribution >= 4 is 29.4 Å². The Kier molecular flexibility index (Phi) is 10.8. The fraction of sp³-hybridized carbons (Fsp3) is 0.607. The lowest BCUT2D eigenvalue weighted by Crippen LogP contribution is -2.54. The SMILES string of the molecule is NCCCCCCCCCCCCCC(=O)Cc1ccc2c(c1)C(=O)N(C1CCC(=O)NC1=O)C2=O. The summed E-state index contributed by atoms with van der Waals surface area (Å²) in [5, 5.41) is 2.19. The molecule has 1 saturated heterocycles. The standard InChI is InChI=1S/C28H39N3O5/c29-17-11-9-7-5-3-1-2-4-6-8-10-12-21(32)18-20-13-14-22-23(19-20)28(36)31(27(22)35)24-15-16-25(33)30-26(24)34/h13-14,19,24H,1-12,15-18,29H2,(H,30,33,34). The van der Waals surface area contributed by atoms with Gasteiger partial charge in [0.15, 0.2) is 0 Å². The van der Waals surface area contributed by atoms with Gasteiger partial charge in [-0.15, -0.1) is 0 Å². The first-order valence-corrected chi connectivity index (χ1v) is 13.5. The minimum Gasteiger partial charge on any atom is -0.330 e. The van der Waals surface area contributed by atoms with Gasteiger partial charge in [-0.1, -0.05) is 63.9 Å². The monoisotopic (exact) mass is 497 g/mol. The number of carbonyl (C=O) groups is 5. The molecule has 3 rings (SSSR count). The second-order valence-corrected chi connectivity index (χ2v) is 9.97. The number of hydrogen-bond acceptors (Lipinski definition) is 6. The molecule has 0 spiro atoms. The largest absolute Gasteiger partial charge is 0.330 e. The first kappa shape index (κ1) is 27.7. The molecule has 196 valence electrons. The van der Waals surface area contributed by atoms with Gasteiger partial charge in [-0.05, 0) is 43.5 Å². The highest BCUT2D eigenvalue weighted by atomic mass is 16.2. The molecule has 1 aromatic rings. The van der Waals surface area contributed by atoms with Crippen molar-refractivity contribution in [1.82, 2.24) is 10.2 Å². The van der Waals surface area contributed by atoms with E-state index in [0.717, 1.165) is 37.1 Å². The van der Waals surface area contributed by atoms with Crippen LogP contribution < -0.4 is 11.1 Å². The highest BCUT2D eigenvalue weighted by Gasteiger charge is 2.44. The van der Waals surface area contributed by atoms with Crippen LogP contribution in [0.4, 0.5) is 0 Å². The van der Waals surface area contributed by atoms with E-state index in [1.807, 2.05) is 0 Å². The van der Waals surface area contributed by atoms with Gasteiger partial charge in [0.25, 0.3) is 11.8 Å². The maximum atomic E-state index is 12.9. The van der Waals surface area contributed by atoms with Crippen molar-refractivity contribution in [3.63, 3.8) is 0 Å². The van der Waals surface area contributed by atoms with Crippen molar-refractivity contribution in [2.45, 2.75) is 102 Å². The van der Waals surface area contributed by atoms with Crippen LogP contribution in [0, 0.1) is 0 Å². The number of nitrogens with two attached hydrogens (primary N) is 1. The van der Waals surface area contributed by atoms with Crippen LogP contribution in [0.5, 0.6) is 0 Å². The van der Waals surface area contributed by atoms with Crippen molar-refractivity contribution < 1.29 is 24.0 Å². The van der Waals surface area contributed by atoms with E-state index in [0.29, 0.717) is 12.0 Å². The highest BCUT2D eigenvalue weighted by Crippen LogP contribution is 2.28. The number of nitrogens with one attached hydrogen (secondary N) is 1. The molecular weight excluding hydrogens is 458 g/mol. The highest BCUT2D eigenvalue weighted by molar-refractivity contribution is 6.23. The number of ketones is 1. The third-order valence-electron chi connectivity index (χ3n) is 7.07. The summed E-state index contributed by atoms with van der Waals surface area (Å²) in [7, 11) is 0. The van der Waals surface area contributed by atoms with Gasteiger partial charge in [-0.2, -0.15) is 0 Å². The quantitative estimate of drug-likeness (QED) is 0.264. The van der Waals surface area contributed by atoms with Gasteiger partial charge < -0.3 is 5.73 Å². The normalized spacial score (nSPS) is 17.5. The topological polar surface area (TPSA) is 127 Å². The lowest BCUT2D eigenvalue weighted by Gasteiger charge is -2.27. The van der Waals surface area contributed by atoms with E-state index in [2.05, 4.69) is 5.32 Å². The lowest BCUT2D eigenvalue weighted by atomic mass is 9.99. The summed E-state index contributed by atoms with van der Waals surface area (Å²) in [5.41, 5.74) is 6.65. The van der Waals surface area contributed by atoms with Gasteiger partial charge in [-0.3, -0.25) is 34.2 Å². The maximum absolute atomic E-state index is 12.9. The molecule has 8 heteroatoms. The third-order valence-corrected chi connectivity index (χ3v) is 7.07. The van der Waals surface area contributed by atoms with Crippen LogP contribution >= 0.6 is 0 Å². The molecular formula is C28H39N3O5. The first-order chi connectivity index (χ1) is 17.4. The summed E-state index contributed by atoms with van der Waals surface area (Å²) < 4.78 is 0. The Bertz CT molecular complexity index is 974. The molecule has 1 atom stereocenters. The summed E-state index contributed by atoms with van der Waals surface area (Å²) in [6.45, 7) is 0.793. The molecule has 0 saturated carbocycles. The number of piperidine rings is 1. The van der Waals surface area contributed by atoms with Crippen LogP contribution in [-0.4, -0.2) is 46.9 Å². The average molecular weight is 498 g/mol. The fourth-order valence-corrected chi connectivity index (χ4v) is 5.00. The Morgan fingerprint density at radius 3 is 2.03 bits per heavy atom. The molecule has 0 radical (unpaired) electrons. The predicted octanol–water partition coefficient (Wildman–Crippen LogP) is 3.84. The number of rotatable bonds is 16. The van der Waals surface area contributed by atoms with Gasteiger partial charge in [0.2, 0.25) is 11.8 Å². The van der Waals surface area contributed by atoms with Crippen molar-refractivity contribution in [2.24, 2.45) is 5.73 Å². The van der Waals surface area contributed by atoms with Crippen LogP contribution in [0.2, 0.25) is 0 Å². The zero-order valence-corrected chi connectivity index (χ0v) is 21.2. The molecule has 2 aliphatic heterocycles. The molecule has 0 aromatic heterocycles. The summed E-state index contributed by atoms with van der Waals surface area (Å²) in [5.74, 6) is -2.00. The average Bonchev–Trinajstić information content (AvgIpc) is 3.09. The number of hydrogen-bond donors (Lipinski definition) is 2. The van der Waals surface area contributed by atoms with E-state index in [-0.39, 0.29) is 36.2 Å². The predicted molar refractivity (Wildman–Crippen MR) is 136 cm³/mol. The minimum atomic E-state index is -0.985. The molecule has 4 amide bonds. The number of benzene rings is 1. The Labute approximate surface area is 213 Å². The van der Waals surface area contributed by atoms with Gasteiger partial charge in [0, 0.05) is 19.3 Å². The molecule has 36 heavy (non-hydrogen) atoms. The van der Waals surface area contributed by atoms with Crippen LogP contribution in [0.25, 0.3) is 0 Å². The third kappa shape index (κ3) is 7.56. The van der Waals surface area contributed by atoms with Crippen molar-refractivity contribution in [3.8, 4) is 0 Å². The summed E-state index contributed by atoms with van der Waals surface area (Å²) in [4.78, 5) is 62.7. The van der Waals surface area contributed by atoms with E-state index >= 15 is 0 Å². The Hall–Kier alpha value is -2.87.